The minimum atomic E-state index is 0.599. The van der Waals surface area contributed by atoms with Crippen LogP contribution in [0.4, 0.5) is 0 Å². The molecule has 0 saturated heterocycles. The molecule has 3 rings (SSSR count). The third kappa shape index (κ3) is 3.24. The number of H-pyrrole nitrogens is 1. The third-order valence-corrected chi connectivity index (χ3v) is 4.67. The van der Waals surface area contributed by atoms with E-state index in [0.29, 0.717) is 11.8 Å². The van der Waals surface area contributed by atoms with Crippen LogP contribution in [0.1, 0.15) is 32.5 Å². The summed E-state index contributed by atoms with van der Waals surface area (Å²) in [4.78, 5) is 7.69. The monoisotopic (exact) mass is 295 g/mol. The van der Waals surface area contributed by atoms with E-state index in [0.717, 1.165) is 18.8 Å². The van der Waals surface area contributed by atoms with Gasteiger partial charge in [0.2, 0.25) is 0 Å². The van der Waals surface area contributed by atoms with Crippen LogP contribution in [-0.4, -0.2) is 14.5 Å². The predicted octanol–water partition coefficient (Wildman–Crippen LogP) is 4.66. The molecule has 0 amide bonds. The Bertz CT molecular complexity index is 696. The minimum absolute atomic E-state index is 0.599. The Morgan fingerprint density at radius 3 is 2.86 bits per heavy atom. The van der Waals surface area contributed by atoms with Crippen LogP contribution in [0.3, 0.4) is 0 Å². The first-order valence-corrected chi connectivity index (χ1v) is 8.30. The van der Waals surface area contributed by atoms with Gasteiger partial charge in [-0.05, 0) is 29.4 Å². The van der Waals surface area contributed by atoms with Gasteiger partial charge in [0.15, 0.2) is 0 Å². The summed E-state index contributed by atoms with van der Waals surface area (Å²) in [5.41, 5.74) is 1.33. The van der Waals surface area contributed by atoms with Crippen molar-refractivity contribution in [1.82, 2.24) is 14.5 Å². The SMILES string of the molecule is CCCC(C)C(Cc1ncc[nH]1)Cn1ccc2ccccc21. The zero-order valence-electron chi connectivity index (χ0n) is 13.5. The highest BCUT2D eigenvalue weighted by molar-refractivity contribution is 5.79. The molecular formula is C19H25N3. The first-order valence-electron chi connectivity index (χ1n) is 8.30. The number of para-hydroxylation sites is 1. The molecule has 22 heavy (non-hydrogen) atoms. The molecule has 3 nitrogen and oxygen atoms in total. The molecule has 0 saturated carbocycles. The van der Waals surface area contributed by atoms with Gasteiger partial charge in [-0.2, -0.15) is 0 Å². The quantitative estimate of drug-likeness (QED) is 0.675. The summed E-state index contributed by atoms with van der Waals surface area (Å²) in [6.45, 7) is 5.70. The lowest BCUT2D eigenvalue weighted by atomic mass is 9.87. The molecular weight excluding hydrogens is 270 g/mol. The van der Waals surface area contributed by atoms with Crippen LogP contribution in [0, 0.1) is 11.8 Å². The summed E-state index contributed by atoms with van der Waals surface area (Å²) < 4.78 is 2.40. The fraction of sp³-hybridized carbons (Fsp3) is 0.421. The van der Waals surface area contributed by atoms with Gasteiger partial charge in [-0.25, -0.2) is 4.98 Å². The number of hydrogen-bond donors (Lipinski definition) is 1. The lowest BCUT2D eigenvalue weighted by Crippen LogP contribution is -2.21. The van der Waals surface area contributed by atoms with Crippen LogP contribution >= 0.6 is 0 Å². The second-order valence-corrected chi connectivity index (χ2v) is 6.29. The zero-order chi connectivity index (χ0) is 15.4. The number of aromatic amines is 1. The van der Waals surface area contributed by atoms with Crippen LogP contribution < -0.4 is 0 Å². The number of imidazole rings is 1. The van der Waals surface area contributed by atoms with E-state index in [-0.39, 0.29) is 0 Å². The maximum Gasteiger partial charge on any atom is 0.106 e. The van der Waals surface area contributed by atoms with E-state index < -0.39 is 0 Å². The summed E-state index contributed by atoms with van der Waals surface area (Å²) >= 11 is 0. The Kier molecular flexibility index (Phi) is 4.62. The van der Waals surface area contributed by atoms with Gasteiger partial charge in [0.1, 0.15) is 5.82 Å². The average Bonchev–Trinajstić information content (AvgIpc) is 3.17. The standard InChI is InChI=1S/C19H25N3/c1-3-6-15(2)17(13-19-20-10-11-21-19)14-22-12-9-16-7-4-5-8-18(16)22/h4-5,7-12,15,17H,3,6,13-14H2,1-2H3,(H,20,21). The summed E-state index contributed by atoms with van der Waals surface area (Å²) in [6, 6.07) is 10.8. The molecule has 3 heteroatoms. The van der Waals surface area contributed by atoms with E-state index in [4.69, 9.17) is 0 Å². The van der Waals surface area contributed by atoms with E-state index in [1.165, 1.54) is 23.7 Å². The van der Waals surface area contributed by atoms with Crippen molar-refractivity contribution >= 4 is 10.9 Å². The van der Waals surface area contributed by atoms with Crippen LogP contribution in [-0.2, 0) is 13.0 Å². The number of hydrogen-bond acceptors (Lipinski definition) is 1. The Hall–Kier alpha value is -2.03. The Labute approximate surface area is 132 Å². The van der Waals surface area contributed by atoms with Crippen LogP contribution in [0.15, 0.2) is 48.9 Å². The number of benzene rings is 1. The fourth-order valence-electron chi connectivity index (χ4n) is 3.35. The molecule has 1 N–H and O–H groups in total. The molecule has 0 aliphatic heterocycles. The highest BCUT2D eigenvalue weighted by atomic mass is 15.0. The van der Waals surface area contributed by atoms with Gasteiger partial charge < -0.3 is 9.55 Å². The second kappa shape index (κ2) is 6.82. The van der Waals surface area contributed by atoms with Crippen LogP contribution in [0.25, 0.3) is 10.9 Å². The molecule has 0 spiro atoms. The Balaban J connectivity index is 1.82. The molecule has 0 radical (unpaired) electrons. The molecule has 0 aliphatic rings. The Morgan fingerprint density at radius 2 is 2.09 bits per heavy atom. The van der Waals surface area contributed by atoms with E-state index in [9.17, 15) is 0 Å². The summed E-state index contributed by atoms with van der Waals surface area (Å²) in [7, 11) is 0. The van der Waals surface area contributed by atoms with Gasteiger partial charge in [-0.15, -0.1) is 0 Å². The van der Waals surface area contributed by atoms with Gasteiger partial charge >= 0.3 is 0 Å². The first kappa shape index (κ1) is 14.9. The topological polar surface area (TPSA) is 33.6 Å². The number of nitrogens with zero attached hydrogens (tertiary/aromatic N) is 2. The molecule has 3 aromatic rings. The fourth-order valence-corrected chi connectivity index (χ4v) is 3.35. The highest BCUT2D eigenvalue weighted by Gasteiger charge is 2.19. The van der Waals surface area contributed by atoms with E-state index in [1.807, 2.05) is 12.4 Å². The molecule has 2 atom stereocenters. The molecule has 0 fully saturated rings. The zero-order valence-corrected chi connectivity index (χ0v) is 13.5. The van der Waals surface area contributed by atoms with Gasteiger partial charge in [-0.1, -0.05) is 44.9 Å². The minimum Gasteiger partial charge on any atom is -0.349 e. The van der Waals surface area contributed by atoms with Gasteiger partial charge in [0.25, 0.3) is 0 Å². The van der Waals surface area contributed by atoms with E-state index >= 15 is 0 Å². The summed E-state index contributed by atoms with van der Waals surface area (Å²) in [5, 5.41) is 1.32. The smallest absolute Gasteiger partial charge is 0.106 e. The average molecular weight is 295 g/mol. The maximum absolute atomic E-state index is 4.43. The van der Waals surface area contributed by atoms with Crippen molar-refractivity contribution in [2.45, 2.75) is 39.7 Å². The molecule has 2 unspecified atom stereocenters. The first-order chi connectivity index (χ1) is 10.8. The third-order valence-electron chi connectivity index (χ3n) is 4.67. The molecule has 2 aromatic heterocycles. The van der Waals surface area contributed by atoms with Gasteiger partial charge in [0.05, 0.1) is 0 Å². The van der Waals surface area contributed by atoms with E-state index in [2.05, 4.69) is 64.9 Å². The van der Waals surface area contributed by atoms with Gasteiger partial charge in [0, 0.05) is 37.1 Å². The largest absolute Gasteiger partial charge is 0.349 e. The second-order valence-electron chi connectivity index (χ2n) is 6.29. The van der Waals surface area contributed by atoms with E-state index in [1.54, 1.807) is 0 Å². The number of rotatable bonds is 7. The van der Waals surface area contributed by atoms with Crippen molar-refractivity contribution in [1.29, 1.82) is 0 Å². The van der Waals surface area contributed by atoms with Crippen molar-refractivity contribution in [2.24, 2.45) is 11.8 Å². The molecule has 0 aliphatic carbocycles. The van der Waals surface area contributed by atoms with Crippen molar-refractivity contribution in [2.75, 3.05) is 0 Å². The number of nitrogens with one attached hydrogen (secondary N) is 1. The molecule has 1 aromatic carbocycles. The normalized spacial score (nSPS) is 14.3. The summed E-state index contributed by atoms with van der Waals surface area (Å²) in [6.07, 6.45) is 9.51. The van der Waals surface area contributed by atoms with Gasteiger partial charge in [-0.3, -0.25) is 0 Å². The lowest BCUT2D eigenvalue weighted by molar-refractivity contribution is 0.294. The van der Waals surface area contributed by atoms with Crippen molar-refractivity contribution in [3.63, 3.8) is 0 Å². The predicted molar refractivity (Wildman–Crippen MR) is 91.8 cm³/mol. The molecule has 116 valence electrons. The Morgan fingerprint density at radius 1 is 1.23 bits per heavy atom. The van der Waals surface area contributed by atoms with Crippen LogP contribution in [0.2, 0.25) is 0 Å². The molecule has 0 bridgehead atoms. The highest BCUT2D eigenvalue weighted by Crippen LogP contribution is 2.25. The van der Waals surface area contributed by atoms with Crippen molar-refractivity contribution < 1.29 is 0 Å². The lowest BCUT2D eigenvalue weighted by Gasteiger charge is -2.24. The number of aromatic nitrogens is 3. The maximum atomic E-state index is 4.43. The molecule has 2 heterocycles. The van der Waals surface area contributed by atoms with Crippen molar-refractivity contribution in [3.8, 4) is 0 Å². The summed E-state index contributed by atoms with van der Waals surface area (Å²) in [5.74, 6) is 2.39. The number of fused-ring (bicyclic) bond motifs is 1. The van der Waals surface area contributed by atoms with Crippen LogP contribution in [0.5, 0.6) is 0 Å². The van der Waals surface area contributed by atoms with Crippen molar-refractivity contribution in [3.05, 3.63) is 54.7 Å².